The van der Waals surface area contributed by atoms with Crippen LogP contribution in [0, 0.1) is 5.82 Å². The molecule has 0 aliphatic rings. The number of halogens is 2. The molecule has 3 nitrogen and oxygen atoms in total. The van der Waals surface area contributed by atoms with Gasteiger partial charge in [0.25, 0.3) is 0 Å². The van der Waals surface area contributed by atoms with Crippen molar-refractivity contribution in [2.45, 2.75) is 33.1 Å². The van der Waals surface area contributed by atoms with Gasteiger partial charge in [0.2, 0.25) is 0 Å². The Morgan fingerprint density at radius 2 is 2.00 bits per heavy atom. The number of benzene rings is 1. The first-order valence-electron chi connectivity index (χ1n) is 7.09. The number of rotatable bonds is 5. The summed E-state index contributed by atoms with van der Waals surface area (Å²) in [6.07, 6.45) is 1.01. The Balaban J connectivity index is 2.51. The molecule has 0 bridgehead atoms. The molecule has 1 heterocycles. The predicted molar refractivity (Wildman–Crippen MR) is 88.0 cm³/mol. The molecular weight excluding hydrogens is 333 g/mol. The van der Waals surface area contributed by atoms with Gasteiger partial charge in [-0.25, -0.2) is 14.4 Å². The molecule has 1 aromatic carbocycles. The van der Waals surface area contributed by atoms with Crippen molar-refractivity contribution >= 4 is 21.7 Å². The van der Waals surface area contributed by atoms with Crippen LogP contribution in [-0.2, 0) is 0 Å². The summed E-state index contributed by atoms with van der Waals surface area (Å²) in [5, 5.41) is 3.27. The second-order valence-corrected chi connectivity index (χ2v) is 6.06. The van der Waals surface area contributed by atoms with E-state index in [0.29, 0.717) is 11.4 Å². The maximum atomic E-state index is 13.5. The van der Waals surface area contributed by atoms with Crippen LogP contribution < -0.4 is 5.32 Å². The van der Waals surface area contributed by atoms with Crippen LogP contribution in [0.15, 0.2) is 28.7 Å². The van der Waals surface area contributed by atoms with Gasteiger partial charge in [-0.15, -0.1) is 0 Å². The number of nitrogens with one attached hydrogen (secondary N) is 1. The second kappa shape index (κ2) is 6.98. The van der Waals surface area contributed by atoms with E-state index in [0.717, 1.165) is 29.0 Å². The summed E-state index contributed by atoms with van der Waals surface area (Å²) in [5.74, 6) is 1.30. The predicted octanol–water partition coefficient (Wildman–Crippen LogP) is 4.99. The number of hydrogen-bond donors (Lipinski definition) is 1. The Bertz CT molecular complexity index is 629. The lowest BCUT2D eigenvalue weighted by Gasteiger charge is -2.12. The Morgan fingerprint density at radius 3 is 2.67 bits per heavy atom. The molecule has 0 aliphatic heterocycles. The van der Waals surface area contributed by atoms with Crippen LogP contribution in [0.25, 0.3) is 11.4 Å². The Morgan fingerprint density at radius 1 is 1.24 bits per heavy atom. The van der Waals surface area contributed by atoms with Gasteiger partial charge >= 0.3 is 0 Å². The normalized spacial score (nSPS) is 11.0. The van der Waals surface area contributed by atoms with Crippen molar-refractivity contribution in [3.05, 3.63) is 40.2 Å². The van der Waals surface area contributed by atoms with Gasteiger partial charge in [-0.05, 0) is 30.5 Å². The molecule has 1 aromatic heterocycles. The van der Waals surface area contributed by atoms with Gasteiger partial charge in [-0.3, -0.25) is 0 Å². The van der Waals surface area contributed by atoms with Gasteiger partial charge in [-0.1, -0.05) is 36.7 Å². The van der Waals surface area contributed by atoms with Gasteiger partial charge < -0.3 is 5.32 Å². The third kappa shape index (κ3) is 4.00. The van der Waals surface area contributed by atoms with Crippen molar-refractivity contribution in [3.8, 4) is 11.4 Å². The van der Waals surface area contributed by atoms with Gasteiger partial charge in [-0.2, -0.15) is 0 Å². The molecular formula is C16H19BrFN3. The maximum absolute atomic E-state index is 13.5. The van der Waals surface area contributed by atoms with Crippen molar-refractivity contribution in [3.63, 3.8) is 0 Å². The van der Waals surface area contributed by atoms with Crippen molar-refractivity contribution < 1.29 is 4.39 Å². The smallest absolute Gasteiger partial charge is 0.163 e. The fourth-order valence-corrected chi connectivity index (χ4v) is 2.32. The van der Waals surface area contributed by atoms with E-state index in [1.807, 2.05) is 6.07 Å². The average molecular weight is 352 g/mol. The highest BCUT2D eigenvalue weighted by Crippen LogP contribution is 2.28. The van der Waals surface area contributed by atoms with Gasteiger partial charge in [0.15, 0.2) is 5.82 Å². The minimum atomic E-state index is -0.296. The van der Waals surface area contributed by atoms with Gasteiger partial charge in [0.1, 0.15) is 11.6 Å². The summed E-state index contributed by atoms with van der Waals surface area (Å²) >= 11 is 3.44. The summed E-state index contributed by atoms with van der Waals surface area (Å²) < 4.78 is 14.3. The standard InChI is InChI=1S/C16H19BrFN3/c1-4-7-19-15-9-14(10(2)3)20-16(21-15)12-8-11(18)5-6-13(12)17/h5-6,8-10H,4,7H2,1-3H3,(H,19,20,21). The summed E-state index contributed by atoms with van der Waals surface area (Å²) in [5.41, 5.74) is 1.60. The van der Waals surface area contributed by atoms with Crippen LogP contribution in [0.5, 0.6) is 0 Å². The minimum Gasteiger partial charge on any atom is -0.370 e. The molecule has 112 valence electrons. The van der Waals surface area contributed by atoms with Crippen LogP contribution in [0.3, 0.4) is 0 Å². The largest absolute Gasteiger partial charge is 0.370 e. The molecule has 0 saturated carbocycles. The molecule has 0 atom stereocenters. The molecule has 21 heavy (non-hydrogen) atoms. The highest BCUT2D eigenvalue weighted by molar-refractivity contribution is 9.10. The van der Waals surface area contributed by atoms with Crippen LogP contribution in [-0.4, -0.2) is 16.5 Å². The lowest BCUT2D eigenvalue weighted by atomic mass is 10.1. The topological polar surface area (TPSA) is 37.8 Å². The molecule has 0 radical (unpaired) electrons. The highest BCUT2D eigenvalue weighted by Gasteiger charge is 2.12. The van der Waals surface area contributed by atoms with E-state index in [9.17, 15) is 4.39 Å². The number of nitrogens with zero attached hydrogens (tertiary/aromatic N) is 2. The molecule has 0 fully saturated rings. The number of hydrogen-bond acceptors (Lipinski definition) is 3. The second-order valence-electron chi connectivity index (χ2n) is 5.21. The van der Waals surface area contributed by atoms with E-state index in [1.165, 1.54) is 12.1 Å². The van der Waals surface area contributed by atoms with Crippen LogP contribution in [0.1, 0.15) is 38.8 Å². The van der Waals surface area contributed by atoms with Crippen LogP contribution in [0.4, 0.5) is 10.2 Å². The lowest BCUT2D eigenvalue weighted by molar-refractivity contribution is 0.628. The summed E-state index contributed by atoms with van der Waals surface area (Å²) in [6.45, 7) is 7.10. The Kier molecular flexibility index (Phi) is 5.28. The monoisotopic (exact) mass is 351 g/mol. The first-order chi connectivity index (χ1) is 10.0. The minimum absolute atomic E-state index is 0.279. The summed E-state index contributed by atoms with van der Waals surface area (Å²) in [4.78, 5) is 9.07. The van der Waals surface area contributed by atoms with E-state index in [1.54, 1.807) is 6.07 Å². The first kappa shape index (κ1) is 15.9. The van der Waals surface area contributed by atoms with Crippen LogP contribution >= 0.6 is 15.9 Å². The molecule has 0 unspecified atom stereocenters. The van der Waals surface area contributed by atoms with Crippen molar-refractivity contribution in [1.82, 2.24) is 9.97 Å². The van der Waals surface area contributed by atoms with E-state index in [4.69, 9.17) is 0 Å². The first-order valence-corrected chi connectivity index (χ1v) is 7.88. The fourth-order valence-electron chi connectivity index (χ4n) is 1.89. The zero-order valence-corrected chi connectivity index (χ0v) is 14.0. The SMILES string of the molecule is CCCNc1cc(C(C)C)nc(-c2cc(F)ccc2Br)n1. The molecule has 0 amide bonds. The van der Waals surface area contributed by atoms with E-state index >= 15 is 0 Å². The average Bonchev–Trinajstić information content (AvgIpc) is 2.47. The lowest BCUT2D eigenvalue weighted by Crippen LogP contribution is -2.06. The Labute approximate surface area is 133 Å². The molecule has 0 saturated heterocycles. The van der Waals surface area contributed by atoms with Crippen molar-refractivity contribution in [1.29, 1.82) is 0 Å². The van der Waals surface area contributed by atoms with E-state index in [-0.39, 0.29) is 11.7 Å². The zero-order chi connectivity index (χ0) is 15.4. The number of aromatic nitrogens is 2. The summed E-state index contributed by atoms with van der Waals surface area (Å²) in [6, 6.07) is 6.50. The molecule has 2 aromatic rings. The molecule has 0 spiro atoms. The molecule has 0 aliphatic carbocycles. The van der Waals surface area contributed by atoms with E-state index < -0.39 is 0 Å². The number of anilines is 1. The molecule has 2 rings (SSSR count). The quantitative estimate of drug-likeness (QED) is 0.824. The Hall–Kier alpha value is -1.49. The molecule has 1 N–H and O–H groups in total. The van der Waals surface area contributed by atoms with Gasteiger partial charge in [0, 0.05) is 28.3 Å². The third-order valence-corrected chi connectivity index (χ3v) is 3.75. The zero-order valence-electron chi connectivity index (χ0n) is 12.5. The van der Waals surface area contributed by atoms with Crippen LogP contribution in [0.2, 0.25) is 0 Å². The summed E-state index contributed by atoms with van der Waals surface area (Å²) in [7, 11) is 0. The van der Waals surface area contributed by atoms with Crippen molar-refractivity contribution in [2.75, 3.05) is 11.9 Å². The third-order valence-electron chi connectivity index (χ3n) is 3.06. The van der Waals surface area contributed by atoms with Crippen molar-refractivity contribution in [2.24, 2.45) is 0 Å². The molecule has 5 heteroatoms. The van der Waals surface area contributed by atoms with E-state index in [2.05, 4.69) is 52.0 Å². The fraction of sp³-hybridized carbons (Fsp3) is 0.375. The van der Waals surface area contributed by atoms with Gasteiger partial charge in [0.05, 0.1) is 0 Å². The highest BCUT2D eigenvalue weighted by atomic mass is 79.9. The maximum Gasteiger partial charge on any atom is 0.163 e.